The molecule has 0 radical (unpaired) electrons. The number of amides is 2. The second-order valence-corrected chi connectivity index (χ2v) is 8.55. The van der Waals surface area contributed by atoms with Crippen LogP contribution in [-0.2, 0) is 27.5 Å². The van der Waals surface area contributed by atoms with Crippen LogP contribution in [0.25, 0.3) is 0 Å². The summed E-state index contributed by atoms with van der Waals surface area (Å²) in [5.41, 5.74) is 2.11. The van der Waals surface area contributed by atoms with Crippen molar-refractivity contribution in [3.05, 3.63) is 75.6 Å². The Morgan fingerprint density at radius 3 is 2.44 bits per heavy atom. The molecule has 0 unspecified atom stereocenters. The van der Waals surface area contributed by atoms with E-state index < -0.39 is 0 Å². The molecule has 182 valence electrons. The molecule has 0 atom stereocenters. The fourth-order valence-corrected chi connectivity index (χ4v) is 3.58. The molecule has 2 aromatic carbocycles. The first kappa shape index (κ1) is 27.1. The molecular formula is C25H31BrN4O4. The number of rotatable bonds is 13. The van der Waals surface area contributed by atoms with E-state index in [9.17, 15) is 9.59 Å². The van der Waals surface area contributed by atoms with Gasteiger partial charge in [-0.25, -0.2) is 4.99 Å². The highest BCUT2D eigenvalue weighted by atomic mass is 79.9. The van der Waals surface area contributed by atoms with Crippen molar-refractivity contribution >= 4 is 35.0 Å². The Balaban J connectivity index is 2.48. The van der Waals surface area contributed by atoms with Crippen LogP contribution in [0.2, 0.25) is 0 Å². The van der Waals surface area contributed by atoms with Gasteiger partial charge in [-0.3, -0.25) is 9.59 Å². The van der Waals surface area contributed by atoms with Gasteiger partial charge in [0.05, 0.1) is 6.61 Å². The number of hydrogen-bond acceptors (Lipinski definition) is 6. The minimum absolute atomic E-state index is 0.0330. The van der Waals surface area contributed by atoms with Gasteiger partial charge in [0.25, 0.3) is 5.91 Å². The molecule has 0 spiro atoms. The van der Waals surface area contributed by atoms with E-state index in [-0.39, 0.29) is 24.2 Å². The highest BCUT2D eigenvalue weighted by molar-refractivity contribution is 9.10. The predicted molar refractivity (Wildman–Crippen MR) is 136 cm³/mol. The lowest BCUT2D eigenvalue weighted by molar-refractivity contribution is -0.127. The van der Waals surface area contributed by atoms with Crippen molar-refractivity contribution in [2.75, 3.05) is 34.5 Å². The third kappa shape index (κ3) is 7.71. The lowest BCUT2D eigenvalue weighted by atomic mass is 10.2. The van der Waals surface area contributed by atoms with Gasteiger partial charge in [-0.1, -0.05) is 40.2 Å². The molecule has 0 saturated carbocycles. The number of carbonyl (C=O) groups is 2. The molecule has 0 saturated heterocycles. The van der Waals surface area contributed by atoms with Crippen molar-refractivity contribution in [1.29, 1.82) is 0 Å². The van der Waals surface area contributed by atoms with Gasteiger partial charge in [0.15, 0.2) is 12.6 Å². The van der Waals surface area contributed by atoms with Gasteiger partial charge in [-0.15, -0.1) is 0 Å². The van der Waals surface area contributed by atoms with Crippen LogP contribution in [0.3, 0.4) is 0 Å². The van der Waals surface area contributed by atoms with Crippen LogP contribution in [0.4, 0.5) is 0 Å². The van der Waals surface area contributed by atoms with E-state index in [1.165, 1.54) is 16.8 Å². The van der Waals surface area contributed by atoms with Crippen molar-refractivity contribution in [2.45, 2.75) is 20.1 Å². The number of hydrogen-bond donors (Lipinski definition) is 0. The standard InChI is InChI=1S/C25H31BrN4O4/c1-6-33-16-20-10-8-12-22(14-20)34-18-30(15-19-9-7-11-21(26)13-19)23(25(32)28(3)4)24(27-2)29(5)17-31/h7-14,17H,2,6,15-16,18H2,1,3-5H3/b24-23+. The molecule has 2 rings (SSSR count). The van der Waals surface area contributed by atoms with E-state index in [0.29, 0.717) is 31.9 Å². The summed E-state index contributed by atoms with van der Waals surface area (Å²) >= 11 is 3.49. The first-order valence-corrected chi connectivity index (χ1v) is 11.5. The molecule has 0 aliphatic heterocycles. The molecule has 0 aromatic heterocycles. The maximum Gasteiger partial charge on any atom is 0.273 e. The minimum atomic E-state index is -0.334. The van der Waals surface area contributed by atoms with Crippen LogP contribution < -0.4 is 4.74 Å². The Morgan fingerprint density at radius 1 is 1.12 bits per heavy atom. The molecule has 2 aromatic rings. The van der Waals surface area contributed by atoms with Gasteiger partial charge < -0.3 is 24.2 Å². The quantitative estimate of drug-likeness (QED) is 0.170. The molecular weight excluding hydrogens is 500 g/mol. The third-order valence-corrected chi connectivity index (χ3v) is 5.29. The SMILES string of the molecule is C=N/C(=C(/C(=O)N(C)C)N(COc1cccc(COCC)c1)Cc1cccc(Br)c1)N(C)C=O. The smallest absolute Gasteiger partial charge is 0.273 e. The summed E-state index contributed by atoms with van der Waals surface area (Å²) in [6, 6.07) is 15.3. The molecule has 8 nitrogen and oxygen atoms in total. The summed E-state index contributed by atoms with van der Waals surface area (Å²) in [6.45, 7) is 6.99. The zero-order valence-electron chi connectivity index (χ0n) is 20.0. The number of likely N-dealkylation sites (N-methyl/N-ethyl adjacent to an activating group) is 1. The van der Waals surface area contributed by atoms with Crippen LogP contribution >= 0.6 is 15.9 Å². The molecule has 0 bridgehead atoms. The molecule has 0 aliphatic carbocycles. The van der Waals surface area contributed by atoms with Crippen molar-refractivity contribution in [2.24, 2.45) is 4.99 Å². The third-order valence-electron chi connectivity index (χ3n) is 4.80. The number of ether oxygens (including phenoxy) is 2. The van der Waals surface area contributed by atoms with Crippen LogP contribution in [-0.4, -0.2) is 68.2 Å². The Bertz CT molecular complexity index is 1030. The van der Waals surface area contributed by atoms with E-state index in [1.807, 2.05) is 55.5 Å². The Kier molecular flexibility index (Phi) is 10.8. The average molecular weight is 531 g/mol. The van der Waals surface area contributed by atoms with Crippen LogP contribution in [0.1, 0.15) is 18.1 Å². The first-order chi connectivity index (χ1) is 16.3. The molecule has 2 amide bonds. The van der Waals surface area contributed by atoms with E-state index in [0.717, 1.165) is 15.6 Å². The van der Waals surface area contributed by atoms with E-state index in [4.69, 9.17) is 9.47 Å². The summed E-state index contributed by atoms with van der Waals surface area (Å²) in [4.78, 5) is 33.2. The fraction of sp³-hybridized carbons (Fsp3) is 0.320. The van der Waals surface area contributed by atoms with Gasteiger partial charge >= 0.3 is 0 Å². The van der Waals surface area contributed by atoms with Crippen LogP contribution in [0.15, 0.2) is 69.5 Å². The van der Waals surface area contributed by atoms with E-state index >= 15 is 0 Å². The Labute approximate surface area is 209 Å². The lowest BCUT2D eigenvalue weighted by Crippen LogP contribution is -2.39. The first-order valence-electron chi connectivity index (χ1n) is 10.7. The normalized spacial score (nSPS) is 11.3. The lowest BCUT2D eigenvalue weighted by Gasteiger charge is -2.30. The monoisotopic (exact) mass is 530 g/mol. The zero-order chi connectivity index (χ0) is 25.1. The largest absolute Gasteiger partial charge is 0.473 e. The zero-order valence-corrected chi connectivity index (χ0v) is 21.6. The van der Waals surface area contributed by atoms with Crippen molar-refractivity contribution in [1.82, 2.24) is 14.7 Å². The highest BCUT2D eigenvalue weighted by Gasteiger charge is 2.26. The minimum Gasteiger partial charge on any atom is -0.473 e. The average Bonchev–Trinajstić information content (AvgIpc) is 2.83. The van der Waals surface area contributed by atoms with Crippen LogP contribution in [0.5, 0.6) is 5.75 Å². The predicted octanol–water partition coefficient (Wildman–Crippen LogP) is 3.87. The van der Waals surface area contributed by atoms with Crippen molar-refractivity contribution < 1.29 is 19.1 Å². The van der Waals surface area contributed by atoms with Crippen molar-refractivity contribution in [3.63, 3.8) is 0 Å². The van der Waals surface area contributed by atoms with E-state index in [1.54, 1.807) is 19.0 Å². The maximum absolute atomic E-state index is 13.3. The number of halogens is 1. The maximum atomic E-state index is 13.3. The van der Waals surface area contributed by atoms with Gasteiger partial charge in [0.1, 0.15) is 11.4 Å². The van der Waals surface area contributed by atoms with Crippen LogP contribution in [0, 0.1) is 0 Å². The number of nitrogens with zero attached hydrogens (tertiary/aromatic N) is 4. The summed E-state index contributed by atoms with van der Waals surface area (Å²) in [6.07, 6.45) is 0.586. The molecule has 9 heteroatoms. The molecule has 0 fully saturated rings. The number of carbonyl (C=O) groups excluding carboxylic acids is 2. The van der Waals surface area contributed by atoms with Gasteiger partial charge in [-0.2, -0.15) is 0 Å². The number of aliphatic imine (C=N–C) groups is 1. The second kappa shape index (κ2) is 13.5. The number of benzene rings is 2. The Morgan fingerprint density at radius 2 is 1.82 bits per heavy atom. The molecule has 0 aliphatic rings. The van der Waals surface area contributed by atoms with Gasteiger partial charge in [0, 0.05) is 38.8 Å². The second-order valence-electron chi connectivity index (χ2n) is 7.63. The Hall–Kier alpha value is -3.17. The molecule has 0 N–H and O–H groups in total. The highest BCUT2D eigenvalue weighted by Crippen LogP contribution is 2.22. The summed E-state index contributed by atoms with van der Waals surface area (Å²) < 4.78 is 12.5. The fourth-order valence-electron chi connectivity index (χ4n) is 3.13. The topological polar surface area (TPSA) is 74.7 Å². The summed E-state index contributed by atoms with van der Waals surface area (Å²) in [7, 11) is 4.80. The summed E-state index contributed by atoms with van der Waals surface area (Å²) in [5.74, 6) is 0.433. The summed E-state index contributed by atoms with van der Waals surface area (Å²) in [5, 5.41) is 0. The molecule has 34 heavy (non-hydrogen) atoms. The van der Waals surface area contributed by atoms with Crippen molar-refractivity contribution in [3.8, 4) is 5.75 Å². The van der Waals surface area contributed by atoms with Gasteiger partial charge in [-0.05, 0) is 49.0 Å². The van der Waals surface area contributed by atoms with Gasteiger partial charge in [0.2, 0.25) is 6.41 Å². The molecule has 0 heterocycles. The van der Waals surface area contributed by atoms with E-state index in [2.05, 4.69) is 27.6 Å².